The number of nitrogens with one attached hydrogen (secondary N) is 1. The second kappa shape index (κ2) is 5.98. The van der Waals surface area contributed by atoms with Crippen LogP contribution >= 0.6 is 0 Å². The maximum atomic E-state index is 13.2. The Morgan fingerprint density at radius 2 is 1.90 bits per heavy atom. The number of carbonyl (C=O) groups is 1. The summed E-state index contributed by atoms with van der Waals surface area (Å²) in [7, 11) is 3.80. The van der Waals surface area contributed by atoms with E-state index < -0.39 is 0 Å². The average Bonchev–Trinajstić information content (AvgIpc) is 3.34. The molecule has 3 aromatic rings. The summed E-state index contributed by atoms with van der Waals surface area (Å²) >= 11 is 0. The first-order valence-electron chi connectivity index (χ1n) is 9.85. The first-order chi connectivity index (χ1) is 14.1. The molecule has 4 heterocycles. The number of aromatic amines is 1. The fourth-order valence-electron chi connectivity index (χ4n) is 4.90. The molecule has 0 spiro atoms. The molecule has 0 bridgehead atoms. The van der Waals surface area contributed by atoms with Gasteiger partial charge in [0.05, 0.1) is 18.8 Å². The highest BCUT2D eigenvalue weighted by molar-refractivity contribution is 5.88. The van der Waals surface area contributed by atoms with Gasteiger partial charge >= 0.3 is 0 Å². The van der Waals surface area contributed by atoms with Crippen LogP contribution in [0.5, 0.6) is 11.5 Å². The minimum atomic E-state index is -0.196. The normalized spacial score (nSPS) is 24.1. The second-order valence-corrected chi connectivity index (χ2v) is 7.97. The maximum absolute atomic E-state index is 13.2. The Hall–Kier alpha value is -3.03. The lowest BCUT2D eigenvalue weighted by Crippen LogP contribution is -2.64. The van der Waals surface area contributed by atoms with E-state index in [0.29, 0.717) is 13.1 Å². The zero-order valence-electron chi connectivity index (χ0n) is 16.4. The van der Waals surface area contributed by atoms with Crippen molar-refractivity contribution in [2.75, 3.05) is 27.6 Å². The van der Waals surface area contributed by atoms with Gasteiger partial charge in [0.2, 0.25) is 6.79 Å². The number of aromatic nitrogens is 1. The largest absolute Gasteiger partial charge is 0.454 e. The number of H-pyrrole nitrogens is 1. The van der Waals surface area contributed by atoms with Crippen LogP contribution in [0.1, 0.15) is 22.9 Å². The number of amides is 1. The molecule has 0 aliphatic carbocycles. The van der Waals surface area contributed by atoms with Gasteiger partial charge in [0, 0.05) is 30.7 Å². The lowest BCUT2D eigenvalue weighted by atomic mass is 9.87. The van der Waals surface area contributed by atoms with E-state index in [1.54, 1.807) is 5.01 Å². The SMILES string of the molecule is CN1CN2[C@H](c3ccc4c(c3)OCO4)c3[nH]c4ccccc4c3C[C@@H]2C(=O)N1C. The number of hydrazine groups is 1. The van der Waals surface area contributed by atoms with E-state index in [2.05, 4.69) is 34.1 Å². The smallest absolute Gasteiger partial charge is 0.254 e. The van der Waals surface area contributed by atoms with Gasteiger partial charge in [0.15, 0.2) is 11.5 Å². The van der Waals surface area contributed by atoms with Crippen LogP contribution in [0.4, 0.5) is 0 Å². The Morgan fingerprint density at radius 3 is 2.79 bits per heavy atom. The minimum absolute atomic E-state index is 0.0641. The summed E-state index contributed by atoms with van der Waals surface area (Å²) in [5, 5.41) is 4.90. The van der Waals surface area contributed by atoms with Crippen molar-refractivity contribution in [1.29, 1.82) is 0 Å². The van der Waals surface area contributed by atoms with Crippen molar-refractivity contribution < 1.29 is 14.3 Å². The molecule has 2 atom stereocenters. The van der Waals surface area contributed by atoms with Gasteiger partial charge < -0.3 is 14.5 Å². The monoisotopic (exact) mass is 390 g/mol. The minimum Gasteiger partial charge on any atom is -0.454 e. The molecular formula is C22H22N4O3. The molecule has 0 radical (unpaired) electrons. The van der Waals surface area contributed by atoms with E-state index in [1.807, 2.05) is 37.3 Å². The van der Waals surface area contributed by atoms with Crippen molar-refractivity contribution in [2.45, 2.75) is 18.5 Å². The van der Waals surface area contributed by atoms with E-state index in [-0.39, 0.29) is 24.8 Å². The average molecular weight is 390 g/mol. The third-order valence-corrected chi connectivity index (χ3v) is 6.45. The van der Waals surface area contributed by atoms with Crippen molar-refractivity contribution in [1.82, 2.24) is 19.9 Å². The zero-order chi connectivity index (χ0) is 19.7. The number of fused-ring (bicyclic) bond motifs is 5. The quantitative estimate of drug-likeness (QED) is 0.692. The van der Waals surface area contributed by atoms with Crippen LogP contribution in [-0.2, 0) is 11.2 Å². The molecule has 0 unspecified atom stereocenters. The fourth-order valence-corrected chi connectivity index (χ4v) is 4.90. The molecule has 3 aliphatic rings. The molecule has 1 N–H and O–H groups in total. The predicted molar refractivity (Wildman–Crippen MR) is 107 cm³/mol. The van der Waals surface area contributed by atoms with Gasteiger partial charge in [0.25, 0.3) is 5.91 Å². The number of likely N-dealkylation sites (N-methyl/N-ethyl adjacent to an activating group) is 1. The molecule has 7 nitrogen and oxygen atoms in total. The molecule has 148 valence electrons. The highest BCUT2D eigenvalue weighted by atomic mass is 16.7. The number of nitrogens with zero attached hydrogens (tertiary/aromatic N) is 3. The number of carbonyl (C=O) groups excluding carboxylic acids is 1. The lowest BCUT2D eigenvalue weighted by Gasteiger charge is -2.49. The number of rotatable bonds is 1. The van der Waals surface area contributed by atoms with Crippen molar-refractivity contribution in [2.24, 2.45) is 0 Å². The molecular weight excluding hydrogens is 368 g/mol. The van der Waals surface area contributed by atoms with E-state index in [0.717, 1.165) is 28.3 Å². The van der Waals surface area contributed by atoms with Crippen LogP contribution in [0.3, 0.4) is 0 Å². The van der Waals surface area contributed by atoms with Gasteiger partial charge in [-0.2, -0.15) is 0 Å². The van der Waals surface area contributed by atoms with E-state index >= 15 is 0 Å². The van der Waals surface area contributed by atoms with Crippen molar-refractivity contribution in [3.63, 3.8) is 0 Å². The van der Waals surface area contributed by atoms with Crippen LogP contribution in [0.25, 0.3) is 10.9 Å². The topological polar surface area (TPSA) is 61.0 Å². The number of benzene rings is 2. The van der Waals surface area contributed by atoms with Crippen molar-refractivity contribution >= 4 is 16.8 Å². The number of para-hydroxylation sites is 1. The molecule has 7 heteroatoms. The van der Waals surface area contributed by atoms with E-state index in [9.17, 15) is 4.79 Å². The first kappa shape index (κ1) is 16.9. The molecule has 1 aromatic heterocycles. The van der Waals surface area contributed by atoms with Crippen LogP contribution in [0, 0.1) is 0 Å². The summed E-state index contributed by atoms with van der Waals surface area (Å²) in [4.78, 5) is 19.1. The fraction of sp³-hybridized carbons (Fsp3) is 0.318. The first-order valence-corrected chi connectivity index (χ1v) is 9.85. The Labute approximate surface area is 168 Å². The zero-order valence-corrected chi connectivity index (χ0v) is 16.4. The Bertz CT molecular complexity index is 1140. The molecule has 29 heavy (non-hydrogen) atoms. The van der Waals surface area contributed by atoms with E-state index in [4.69, 9.17) is 9.47 Å². The summed E-state index contributed by atoms with van der Waals surface area (Å²) in [6, 6.07) is 14.2. The van der Waals surface area contributed by atoms with Gasteiger partial charge in [-0.15, -0.1) is 0 Å². The van der Waals surface area contributed by atoms with E-state index in [1.165, 1.54) is 10.9 Å². The van der Waals surface area contributed by atoms with Crippen molar-refractivity contribution in [3.05, 3.63) is 59.3 Å². The van der Waals surface area contributed by atoms with Gasteiger partial charge in [0.1, 0.15) is 0 Å². The van der Waals surface area contributed by atoms with Crippen LogP contribution in [0.15, 0.2) is 42.5 Å². The summed E-state index contributed by atoms with van der Waals surface area (Å²) in [6.45, 7) is 0.917. The molecule has 3 aliphatic heterocycles. The van der Waals surface area contributed by atoms with Crippen LogP contribution in [-0.4, -0.2) is 59.4 Å². The summed E-state index contributed by atoms with van der Waals surface area (Å²) in [6.07, 6.45) is 0.706. The lowest BCUT2D eigenvalue weighted by molar-refractivity contribution is -0.171. The Balaban J connectivity index is 1.56. The predicted octanol–water partition coefficient (Wildman–Crippen LogP) is 2.49. The number of ether oxygens (including phenoxy) is 2. The molecule has 1 fully saturated rings. The summed E-state index contributed by atoms with van der Waals surface area (Å²) in [5.41, 5.74) is 4.60. The molecule has 1 saturated heterocycles. The Kier molecular flexibility index (Phi) is 3.48. The molecule has 2 aromatic carbocycles. The molecule has 1 amide bonds. The van der Waals surface area contributed by atoms with Crippen molar-refractivity contribution in [3.8, 4) is 11.5 Å². The second-order valence-electron chi connectivity index (χ2n) is 7.97. The van der Waals surface area contributed by atoms with Gasteiger partial charge in [-0.1, -0.05) is 24.3 Å². The summed E-state index contributed by atoms with van der Waals surface area (Å²) < 4.78 is 11.1. The number of hydrogen-bond donors (Lipinski definition) is 1. The van der Waals surface area contributed by atoms with Gasteiger partial charge in [-0.05, 0) is 35.7 Å². The highest BCUT2D eigenvalue weighted by Crippen LogP contribution is 2.44. The van der Waals surface area contributed by atoms with Crippen LogP contribution < -0.4 is 9.47 Å². The summed E-state index contributed by atoms with van der Waals surface area (Å²) in [5.74, 6) is 1.65. The third kappa shape index (κ3) is 2.34. The molecule has 0 saturated carbocycles. The maximum Gasteiger partial charge on any atom is 0.254 e. The molecule has 6 rings (SSSR count). The number of hydrogen-bond acceptors (Lipinski definition) is 5. The standard InChI is InChI=1S/C22H22N4O3/c1-24-11-26-17(22(27)25(24)2)10-15-14-5-3-4-6-16(14)23-20(15)21(26)13-7-8-18-19(9-13)29-12-28-18/h3-9,17,21,23H,10-12H2,1-2H3/t17-,21-/m1/s1. The third-order valence-electron chi connectivity index (χ3n) is 6.45. The highest BCUT2D eigenvalue weighted by Gasteiger charge is 2.46. The van der Waals surface area contributed by atoms with Gasteiger partial charge in [-0.3, -0.25) is 14.7 Å². The van der Waals surface area contributed by atoms with Crippen LogP contribution in [0.2, 0.25) is 0 Å². The Morgan fingerprint density at radius 1 is 1.07 bits per heavy atom. The van der Waals surface area contributed by atoms with Gasteiger partial charge in [-0.25, -0.2) is 5.01 Å².